The first-order valence-corrected chi connectivity index (χ1v) is 13.2. The van der Waals surface area contributed by atoms with Gasteiger partial charge in [-0.25, -0.2) is 4.68 Å². The molecule has 3 aromatic carbocycles. The van der Waals surface area contributed by atoms with Crippen LogP contribution in [0.15, 0.2) is 71.1 Å². The summed E-state index contributed by atoms with van der Waals surface area (Å²) in [7, 11) is 0. The summed E-state index contributed by atoms with van der Waals surface area (Å²) in [5.74, 6) is 0.998. The third kappa shape index (κ3) is 4.66. The molecule has 0 bridgehead atoms. The van der Waals surface area contributed by atoms with Gasteiger partial charge in [-0.05, 0) is 74.2 Å². The first kappa shape index (κ1) is 24.5. The molecule has 0 radical (unpaired) electrons. The molecule has 0 atom stereocenters. The summed E-state index contributed by atoms with van der Waals surface area (Å²) in [6.45, 7) is 1.98. The molecule has 5 aromatic rings. The highest BCUT2D eigenvalue weighted by Crippen LogP contribution is 2.50. The van der Waals surface area contributed by atoms with Crippen molar-refractivity contribution in [2.75, 3.05) is 0 Å². The minimum Gasteiger partial charge on any atom is -0.419 e. The van der Waals surface area contributed by atoms with Crippen LogP contribution in [-0.4, -0.2) is 20.0 Å². The van der Waals surface area contributed by atoms with Crippen molar-refractivity contribution in [1.29, 1.82) is 0 Å². The molecule has 0 N–H and O–H groups in total. The molecular weight excluding hydrogens is 550 g/mol. The monoisotopic (exact) mass is 568 g/mol. The van der Waals surface area contributed by atoms with E-state index in [4.69, 9.17) is 55.9 Å². The van der Waals surface area contributed by atoms with Crippen LogP contribution in [0.2, 0.25) is 20.1 Å². The Morgan fingerprint density at radius 1 is 0.838 bits per heavy atom. The molecular formula is C28H20Cl4N4O. The van der Waals surface area contributed by atoms with Gasteiger partial charge in [-0.2, -0.15) is 5.10 Å². The Morgan fingerprint density at radius 2 is 1.49 bits per heavy atom. The SMILES string of the molecule is Cc1c(-c2nnc(C3(Cc4ccc(Cl)cc4)CC3)o2)nn(-c2ccc(Cl)cc2Cl)c1-c1ccc(Cl)cc1. The molecule has 1 fully saturated rings. The highest BCUT2D eigenvalue weighted by atomic mass is 35.5. The average molecular weight is 570 g/mol. The Labute approximate surface area is 234 Å². The maximum atomic E-state index is 6.59. The fraction of sp³-hybridized carbons (Fsp3) is 0.179. The van der Waals surface area contributed by atoms with E-state index in [-0.39, 0.29) is 5.41 Å². The second-order valence-corrected chi connectivity index (χ2v) is 11.0. The molecule has 0 saturated heterocycles. The number of hydrogen-bond donors (Lipinski definition) is 0. The van der Waals surface area contributed by atoms with Gasteiger partial charge >= 0.3 is 0 Å². The van der Waals surface area contributed by atoms with E-state index in [0.717, 1.165) is 41.1 Å². The van der Waals surface area contributed by atoms with Gasteiger partial charge in [0.15, 0.2) is 5.69 Å². The summed E-state index contributed by atoms with van der Waals surface area (Å²) < 4.78 is 8.07. The molecule has 9 heteroatoms. The van der Waals surface area contributed by atoms with Crippen molar-refractivity contribution in [3.05, 3.63) is 104 Å². The van der Waals surface area contributed by atoms with Gasteiger partial charge in [0.1, 0.15) is 0 Å². The summed E-state index contributed by atoms with van der Waals surface area (Å²) in [5.41, 5.74) is 4.96. The third-order valence-electron chi connectivity index (χ3n) is 6.77. The smallest absolute Gasteiger partial charge is 0.268 e. The first-order valence-electron chi connectivity index (χ1n) is 11.7. The van der Waals surface area contributed by atoms with E-state index in [0.29, 0.717) is 38.2 Å². The predicted molar refractivity (Wildman–Crippen MR) is 148 cm³/mol. The van der Waals surface area contributed by atoms with E-state index in [1.165, 1.54) is 5.56 Å². The molecule has 2 heterocycles. The number of hydrogen-bond acceptors (Lipinski definition) is 4. The van der Waals surface area contributed by atoms with Crippen molar-refractivity contribution in [1.82, 2.24) is 20.0 Å². The van der Waals surface area contributed by atoms with Gasteiger partial charge in [0, 0.05) is 26.2 Å². The number of benzene rings is 3. The Bertz CT molecular complexity index is 1600. The van der Waals surface area contributed by atoms with Crippen LogP contribution >= 0.6 is 46.4 Å². The van der Waals surface area contributed by atoms with Gasteiger partial charge in [0.05, 0.1) is 21.8 Å². The van der Waals surface area contributed by atoms with Crippen molar-refractivity contribution in [3.8, 4) is 28.5 Å². The molecule has 1 aliphatic carbocycles. The number of nitrogens with zero attached hydrogens (tertiary/aromatic N) is 4. The molecule has 0 amide bonds. The van der Waals surface area contributed by atoms with Crippen LogP contribution in [0.3, 0.4) is 0 Å². The molecule has 6 rings (SSSR count). The number of aromatic nitrogens is 4. The van der Waals surface area contributed by atoms with Crippen LogP contribution in [0.5, 0.6) is 0 Å². The second-order valence-electron chi connectivity index (χ2n) is 9.33. The summed E-state index contributed by atoms with van der Waals surface area (Å²) in [4.78, 5) is 0. The average Bonchev–Trinajstić information content (AvgIpc) is 3.33. The Kier molecular flexibility index (Phi) is 6.28. The highest BCUT2D eigenvalue weighted by molar-refractivity contribution is 6.35. The van der Waals surface area contributed by atoms with E-state index in [2.05, 4.69) is 10.2 Å². The molecule has 0 unspecified atom stereocenters. The van der Waals surface area contributed by atoms with Gasteiger partial charge in [-0.3, -0.25) is 0 Å². The summed E-state index contributed by atoms with van der Waals surface area (Å²) in [6.07, 6.45) is 2.79. The third-order valence-corrected chi connectivity index (χ3v) is 7.81. The second kappa shape index (κ2) is 9.48. The normalized spacial score (nSPS) is 14.2. The quantitative estimate of drug-likeness (QED) is 0.205. The molecule has 5 nitrogen and oxygen atoms in total. The lowest BCUT2D eigenvalue weighted by Gasteiger charge is -2.11. The molecule has 37 heavy (non-hydrogen) atoms. The molecule has 0 spiro atoms. The molecule has 0 aliphatic heterocycles. The van der Waals surface area contributed by atoms with Crippen molar-refractivity contribution < 1.29 is 4.42 Å². The van der Waals surface area contributed by atoms with Gasteiger partial charge in [0.2, 0.25) is 5.89 Å². The number of rotatable bonds is 6. The van der Waals surface area contributed by atoms with Crippen molar-refractivity contribution in [2.24, 2.45) is 0 Å². The molecule has 1 saturated carbocycles. The predicted octanol–water partition coefficient (Wildman–Crippen LogP) is 8.79. The Hall–Kier alpha value is -2.83. The summed E-state index contributed by atoms with van der Waals surface area (Å²) >= 11 is 25.0. The lowest BCUT2D eigenvalue weighted by molar-refractivity contribution is 0.438. The lowest BCUT2D eigenvalue weighted by Crippen LogP contribution is -2.11. The zero-order valence-corrected chi connectivity index (χ0v) is 22.7. The minimum atomic E-state index is -0.159. The van der Waals surface area contributed by atoms with Crippen LogP contribution < -0.4 is 0 Å². The van der Waals surface area contributed by atoms with Gasteiger partial charge < -0.3 is 4.42 Å². The maximum absolute atomic E-state index is 6.59. The fourth-order valence-electron chi connectivity index (χ4n) is 4.62. The summed E-state index contributed by atoms with van der Waals surface area (Å²) in [6, 6.07) is 20.8. The van der Waals surface area contributed by atoms with Crippen LogP contribution in [0.4, 0.5) is 0 Å². The topological polar surface area (TPSA) is 56.7 Å². The lowest BCUT2D eigenvalue weighted by atomic mass is 9.96. The van der Waals surface area contributed by atoms with Crippen molar-refractivity contribution in [3.63, 3.8) is 0 Å². The molecule has 1 aliphatic rings. The van der Waals surface area contributed by atoms with Crippen LogP contribution in [0.1, 0.15) is 29.9 Å². The standard InChI is InChI=1S/C28H20Cl4N4O/c1-16-24(26-33-34-27(37-26)28(12-13-28)15-17-2-6-19(29)7-3-17)35-36(23-11-10-21(31)14-22(23)32)25(16)18-4-8-20(30)9-5-18/h2-11,14H,12-13,15H2,1H3. The Balaban J connectivity index is 1.42. The van der Waals surface area contributed by atoms with Crippen LogP contribution in [-0.2, 0) is 11.8 Å². The van der Waals surface area contributed by atoms with Crippen molar-refractivity contribution >= 4 is 46.4 Å². The van der Waals surface area contributed by atoms with Gasteiger partial charge in [0.25, 0.3) is 5.89 Å². The first-order chi connectivity index (χ1) is 17.8. The molecule has 2 aromatic heterocycles. The van der Waals surface area contributed by atoms with Crippen LogP contribution in [0, 0.1) is 6.92 Å². The van der Waals surface area contributed by atoms with E-state index < -0.39 is 0 Å². The largest absolute Gasteiger partial charge is 0.419 e. The van der Waals surface area contributed by atoms with Crippen molar-refractivity contribution in [2.45, 2.75) is 31.6 Å². The zero-order valence-electron chi connectivity index (χ0n) is 19.7. The minimum absolute atomic E-state index is 0.159. The maximum Gasteiger partial charge on any atom is 0.268 e. The van der Waals surface area contributed by atoms with Crippen LogP contribution in [0.25, 0.3) is 28.5 Å². The van der Waals surface area contributed by atoms with Gasteiger partial charge in [-0.15, -0.1) is 10.2 Å². The van der Waals surface area contributed by atoms with Gasteiger partial charge in [-0.1, -0.05) is 70.7 Å². The van der Waals surface area contributed by atoms with E-state index >= 15 is 0 Å². The molecule has 186 valence electrons. The summed E-state index contributed by atoms with van der Waals surface area (Å²) in [5, 5.41) is 16.1. The number of halogens is 4. The van der Waals surface area contributed by atoms with E-state index in [1.807, 2.05) is 61.5 Å². The van der Waals surface area contributed by atoms with E-state index in [1.54, 1.807) is 16.8 Å². The van der Waals surface area contributed by atoms with E-state index in [9.17, 15) is 0 Å². The zero-order chi connectivity index (χ0) is 25.7. The fourth-order valence-corrected chi connectivity index (χ4v) is 5.36. The highest BCUT2D eigenvalue weighted by Gasteiger charge is 2.49. The Morgan fingerprint density at radius 3 is 2.14 bits per heavy atom.